The molecule has 0 spiro atoms. The van der Waals surface area contributed by atoms with Gasteiger partial charge in [0.1, 0.15) is 6.07 Å². The van der Waals surface area contributed by atoms with E-state index in [1.54, 1.807) is 4.90 Å². The fourth-order valence-corrected chi connectivity index (χ4v) is 3.80. The first-order valence-corrected chi connectivity index (χ1v) is 8.01. The van der Waals surface area contributed by atoms with Crippen LogP contribution in [0.15, 0.2) is 22.9 Å². The number of fused-ring (bicyclic) bond motifs is 1. The second-order valence-electron chi connectivity index (χ2n) is 6.86. The SMILES string of the molecule is CC(=O)N1CC=C2C(C#N)=C(N)C(C#N)(C#N)[C@@H](CC(C)C)[C@@H]2C1. The van der Waals surface area contributed by atoms with Crippen LogP contribution in [0, 0.1) is 57.2 Å². The van der Waals surface area contributed by atoms with E-state index in [1.165, 1.54) is 6.92 Å². The van der Waals surface area contributed by atoms with Crippen molar-refractivity contribution in [1.82, 2.24) is 4.90 Å². The highest BCUT2D eigenvalue weighted by molar-refractivity contribution is 5.74. The van der Waals surface area contributed by atoms with E-state index in [9.17, 15) is 20.6 Å². The van der Waals surface area contributed by atoms with Crippen molar-refractivity contribution in [2.45, 2.75) is 27.2 Å². The Hall–Kier alpha value is -2.78. The Bertz CT molecular complexity index is 727. The summed E-state index contributed by atoms with van der Waals surface area (Å²) < 4.78 is 0. The van der Waals surface area contributed by atoms with Crippen LogP contribution in [-0.2, 0) is 4.79 Å². The predicted octanol–water partition coefficient (Wildman–Crippen LogP) is 1.84. The Kier molecular flexibility index (Phi) is 4.67. The smallest absolute Gasteiger partial charge is 0.219 e. The summed E-state index contributed by atoms with van der Waals surface area (Å²) in [5.74, 6) is -0.389. The maximum absolute atomic E-state index is 11.8. The number of amides is 1. The van der Waals surface area contributed by atoms with E-state index in [2.05, 4.69) is 18.2 Å². The van der Waals surface area contributed by atoms with Crippen LogP contribution >= 0.6 is 0 Å². The van der Waals surface area contributed by atoms with Crippen molar-refractivity contribution in [1.29, 1.82) is 15.8 Å². The van der Waals surface area contributed by atoms with Gasteiger partial charge in [0, 0.05) is 31.8 Å². The Morgan fingerprint density at radius 2 is 2.04 bits per heavy atom. The van der Waals surface area contributed by atoms with E-state index in [0.29, 0.717) is 19.5 Å². The van der Waals surface area contributed by atoms with Crippen molar-refractivity contribution in [3.8, 4) is 18.2 Å². The van der Waals surface area contributed by atoms with E-state index >= 15 is 0 Å². The van der Waals surface area contributed by atoms with Gasteiger partial charge >= 0.3 is 0 Å². The third-order valence-corrected chi connectivity index (χ3v) is 5.01. The lowest BCUT2D eigenvalue weighted by Crippen LogP contribution is -2.50. The monoisotopic (exact) mass is 323 g/mol. The van der Waals surface area contributed by atoms with Gasteiger partial charge in [0.25, 0.3) is 0 Å². The van der Waals surface area contributed by atoms with Gasteiger partial charge in [-0.05, 0) is 17.9 Å². The van der Waals surface area contributed by atoms with Crippen LogP contribution in [-0.4, -0.2) is 23.9 Å². The van der Waals surface area contributed by atoms with Crippen molar-refractivity contribution >= 4 is 5.91 Å². The molecule has 124 valence electrons. The molecule has 6 nitrogen and oxygen atoms in total. The lowest BCUT2D eigenvalue weighted by molar-refractivity contribution is -0.129. The lowest BCUT2D eigenvalue weighted by atomic mass is 9.58. The second kappa shape index (κ2) is 6.38. The normalized spacial score (nSPS) is 25.2. The summed E-state index contributed by atoms with van der Waals surface area (Å²) in [6, 6.07) is 6.25. The Labute approximate surface area is 142 Å². The summed E-state index contributed by atoms with van der Waals surface area (Å²) in [5.41, 5.74) is 5.68. The highest BCUT2D eigenvalue weighted by Gasteiger charge is 2.53. The molecular weight excluding hydrogens is 302 g/mol. The summed E-state index contributed by atoms with van der Waals surface area (Å²) >= 11 is 0. The number of hydrogen-bond donors (Lipinski definition) is 1. The number of nitrogens with zero attached hydrogens (tertiary/aromatic N) is 4. The van der Waals surface area contributed by atoms with E-state index in [4.69, 9.17) is 5.73 Å². The van der Waals surface area contributed by atoms with Crippen LogP contribution in [0.2, 0.25) is 0 Å². The molecule has 2 rings (SSSR count). The average Bonchev–Trinajstić information content (AvgIpc) is 2.55. The molecule has 0 aromatic heterocycles. The zero-order valence-corrected chi connectivity index (χ0v) is 14.2. The standard InChI is InChI=1S/C18H21N5O/c1-11(2)6-16-15-8-23(12(3)24)5-4-13(15)14(7-19)17(22)18(16,9-20)10-21/h4,11,15-16H,5-6,8,22H2,1-3H3/t15-,16+/m1/s1. The molecular formula is C18H21N5O. The summed E-state index contributed by atoms with van der Waals surface area (Å²) in [4.78, 5) is 13.5. The number of hydrogen-bond acceptors (Lipinski definition) is 5. The molecule has 1 aliphatic heterocycles. The van der Waals surface area contributed by atoms with E-state index in [1.807, 2.05) is 19.9 Å². The maximum Gasteiger partial charge on any atom is 0.219 e. The van der Waals surface area contributed by atoms with Gasteiger partial charge in [0.05, 0.1) is 23.4 Å². The number of allylic oxidation sites excluding steroid dienone is 2. The summed E-state index contributed by atoms with van der Waals surface area (Å²) in [6.45, 7) is 6.36. The third kappa shape index (κ3) is 2.53. The first-order valence-electron chi connectivity index (χ1n) is 8.01. The van der Waals surface area contributed by atoms with Gasteiger partial charge in [-0.25, -0.2) is 0 Å². The molecule has 1 aliphatic carbocycles. The van der Waals surface area contributed by atoms with Crippen molar-refractivity contribution < 1.29 is 4.79 Å². The summed E-state index contributed by atoms with van der Waals surface area (Å²) in [5, 5.41) is 29.1. The maximum atomic E-state index is 11.8. The summed E-state index contributed by atoms with van der Waals surface area (Å²) in [7, 11) is 0. The lowest BCUT2D eigenvalue weighted by Gasteiger charge is -2.45. The number of carbonyl (C=O) groups is 1. The van der Waals surface area contributed by atoms with Crippen molar-refractivity contribution in [3.63, 3.8) is 0 Å². The quantitative estimate of drug-likeness (QED) is 0.831. The van der Waals surface area contributed by atoms with Gasteiger partial charge in [-0.3, -0.25) is 4.79 Å². The molecule has 6 heteroatoms. The number of carbonyl (C=O) groups excluding carboxylic acids is 1. The van der Waals surface area contributed by atoms with Gasteiger partial charge in [-0.2, -0.15) is 15.8 Å². The number of rotatable bonds is 2. The topological polar surface area (TPSA) is 118 Å². The van der Waals surface area contributed by atoms with Crippen LogP contribution in [0.5, 0.6) is 0 Å². The molecule has 0 fully saturated rings. The Morgan fingerprint density at radius 1 is 1.42 bits per heavy atom. The fourth-order valence-electron chi connectivity index (χ4n) is 3.80. The average molecular weight is 323 g/mol. The van der Waals surface area contributed by atoms with E-state index in [0.717, 1.165) is 5.57 Å². The molecule has 0 unspecified atom stereocenters. The molecule has 2 atom stereocenters. The van der Waals surface area contributed by atoms with Crippen LogP contribution in [0.1, 0.15) is 27.2 Å². The molecule has 0 aromatic carbocycles. The minimum absolute atomic E-state index is 0.0550. The van der Waals surface area contributed by atoms with Crippen LogP contribution in [0.4, 0.5) is 0 Å². The number of nitriles is 3. The molecule has 24 heavy (non-hydrogen) atoms. The fraction of sp³-hybridized carbons (Fsp3) is 0.556. The molecule has 1 amide bonds. The second-order valence-corrected chi connectivity index (χ2v) is 6.86. The minimum Gasteiger partial charge on any atom is -0.399 e. The molecule has 2 N–H and O–H groups in total. The highest BCUT2D eigenvalue weighted by Crippen LogP contribution is 2.51. The van der Waals surface area contributed by atoms with Crippen LogP contribution < -0.4 is 5.73 Å². The first-order chi connectivity index (χ1) is 11.3. The molecule has 0 bridgehead atoms. The van der Waals surface area contributed by atoms with Gasteiger partial charge in [0.15, 0.2) is 5.41 Å². The summed E-state index contributed by atoms with van der Waals surface area (Å²) in [6.07, 6.45) is 2.46. The largest absolute Gasteiger partial charge is 0.399 e. The van der Waals surface area contributed by atoms with Gasteiger partial charge in [0.2, 0.25) is 5.91 Å². The van der Waals surface area contributed by atoms with E-state index in [-0.39, 0.29) is 34.9 Å². The van der Waals surface area contributed by atoms with Crippen LogP contribution in [0.3, 0.4) is 0 Å². The first kappa shape index (κ1) is 17.6. The van der Waals surface area contributed by atoms with Gasteiger partial charge in [-0.15, -0.1) is 0 Å². The predicted molar refractivity (Wildman–Crippen MR) is 87.3 cm³/mol. The minimum atomic E-state index is -1.53. The zero-order chi connectivity index (χ0) is 18.1. The Balaban J connectivity index is 2.69. The zero-order valence-electron chi connectivity index (χ0n) is 14.2. The molecule has 1 heterocycles. The van der Waals surface area contributed by atoms with Crippen molar-refractivity contribution in [2.24, 2.45) is 28.9 Å². The molecule has 2 aliphatic rings. The van der Waals surface area contributed by atoms with E-state index < -0.39 is 5.41 Å². The molecule has 0 saturated heterocycles. The highest BCUT2D eigenvalue weighted by atomic mass is 16.2. The third-order valence-electron chi connectivity index (χ3n) is 5.01. The van der Waals surface area contributed by atoms with Crippen molar-refractivity contribution in [3.05, 3.63) is 22.9 Å². The Morgan fingerprint density at radius 3 is 2.50 bits per heavy atom. The van der Waals surface area contributed by atoms with Gasteiger partial charge in [-0.1, -0.05) is 19.9 Å². The molecule has 0 saturated carbocycles. The van der Waals surface area contributed by atoms with Crippen LogP contribution in [0.25, 0.3) is 0 Å². The van der Waals surface area contributed by atoms with Crippen molar-refractivity contribution in [2.75, 3.05) is 13.1 Å². The van der Waals surface area contributed by atoms with Gasteiger partial charge < -0.3 is 10.6 Å². The molecule has 0 radical (unpaired) electrons. The molecule has 0 aromatic rings. The number of nitrogens with two attached hydrogens (primary N) is 1.